The standard InChI is InChI=1S/C19H21NO2S/c1-23-16-11-9-15(10-12-16)22-13-19(21)20-18-8-4-6-14-5-2-3-7-17(14)18/h2-3,5,7,9-12,18H,4,6,8,13H2,1H3,(H,20,21)/t18-/m1/s1. The zero-order chi connectivity index (χ0) is 16.1. The zero-order valence-electron chi connectivity index (χ0n) is 13.2. The van der Waals surface area contributed by atoms with Gasteiger partial charge in [-0.1, -0.05) is 24.3 Å². The number of carbonyl (C=O) groups is 1. The fourth-order valence-electron chi connectivity index (χ4n) is 2.96. The summed E-state index contributed by atoms with van der Waals surface area (Å²) in [7, 11) is 0. The third kappa shape index (κ3) is 4.08. The van der Waals surface area contributed by atoms with E-state index in [2.05, 4.69) is 23.5 Å². The van der Waals surface area contributed by atoms with Crippen LogP contribution in [0, 0.1) is 0 Å². The van der Waals surface area contributed by atoms with Crippen molar-refractivity contribution < 1.29 is 9.53 Å². The largest absolute Gasteiger partial charge is 0.484 e. The van der Waals surface area contributed by atoms with Gasteiger partial charge in [0.05, 0.1) is 6.04 Å². The third-order valence-electron chi connectivity index (χ3n) is 4.13. The van der Waals surface area contributed by atoms with Crippen LogP contribution in [0.5, 0.6) is 5.75 Å². The Morgan fingerprint density at radius 2 is 2.00 bits per heavy atom. The van der Waals surface area contributed by atoms with Crippen LogP contribution in [0.3, 0.4) is 0 Å². The minimum Gasteiger partial charge on any atom is -0.484 e. The molecule has 1 amide bonds. The molecule has 4 heteroatoms. The number of carbonyl (C=O) groups excluding carboxylic acids is 1. The van der Waals surface area contributed by atoms with Crippen molar-refractivity contribution in [3.8, 4) is 5.75 Å². The van der Waals surface area contributed by atoms with Gasteiger partial charge >= 0.3 is 0 Å². The molecule has 0 aromatic heterocycles. The van der Waals surface area contributed by atoms with Crippen molar-refractivity contribution >= 4 is 17.7 Å². The maximum atomic E-state index is 12.2. The van der Waals surface area contributed by atoms with Crippen LogP contribution in [0.1, 0.15) is 30.0 Å². The molecule has 120 valence electrons. The second kappa shape index (κ2) is 7.55. The highest BCUT2D eigenvalue weighted by molar-refractivity contribution is 7.98. The molecule has 1 aliphatic rings. The molecule has 23 heavy (non-hydrogen) atoms. The number of nitrogens with one attached hydrogen (secondary N) is 1. The van der Waals surface area contributed by atoms with E-state index in [9.17, 15) is 4.79 Å². The summed E-state index contributed by atoms with van der Waals surface area (Å²) in [6, 6.07) is 16.3. The number of amides is 1. The second-order valence-electron chi connectivity index (χ2n) is 5.68. The third-order valence-corrected chi connectivity index (χ3v) is 4.88. The minimum atomic E-state index is -0.0688. The first-order valence-corrected chi connectivity index (χ1v) is 9.13. The van der Waals surface area contributed by atoms with Crippen molar-refractivity contribution in [3.05, 3.63) is 59.7 Å². The fraction of sp³-hybridized carbons (Fsp3) is 0.316. The van der Waals surface area contributed by atoms with Crippen LogP contribution in [-0.2, 0) is 11.2 Å². The lowest BCUT2D eigenvalue weighted by Gasteiger charge is -2.26. The van der Waals surface area contributed by atoms with Crippen molar-refractivity contribution in [3.63, 3.8) is 0 Å². The highest BCUT2D eigenvalue weighted by Crippen LogP contribution is 2.29. The molecular weight excluding hydrogens is 306 g/mol. The van der Waals surface area contributed by atoms with Gasteiger partial charge in [0.25, 0.3) is 5.91 Å². The lowest BCUT2D eigenvalue weighted by molar-refractivity contribution is -0.123. The van der Waals surface area contributed by atoms with Gasteiger partial charge in [0.2, 0.25) is 0 Å². The van der Waals surface area contributed by atoms with Crippen LogP contribution in [0.4, 0.5) is 0 Å². The number of ether oxygens (including phenoxy) is 1. The molecule has 1 N–H and O–H groups in total. The van der Waals surface area contributed by atoms with Crippen LogP contribution in [0.2, 0.25) is 0 Å². The molecule has 0 saturated heterocycles. The molecule has 0 radical (unpaired) electrons. The molecule has 0 saturated carbocycles. The van der Waals surface area contributed by atoms with Crippen molar-refractivity contribution in [2.45, 2.75) is 30.2 Å². The summed E-state index contributed by atoms with van der Waals surface area (Å²) in [4.78, 5) is 13.4. The second-order valence-corrected chi connectivity index (χ2v) is 6.55. The fourth-order valence-corrected chi connectivity index (χ4v) is 3.37. The van der Waals surface area contributed by atoms with Crippen molar-refractivity contribution in [2.24, 2.45) is 0 Å². The summed E-state index contributed by atoms with van der Waals surface area (Å²) in [5.41, 5.74) is 2.59. The maximum absolute atomic E-state index is 12.2. The molecule has 2 aromatic carbocycles. The lowest BCUT2D eigenvalue weighted by Crippen LogP contribution is -2.34. The summed E-state index contributed by atoms with van der Waals surface area (Å²) in [6.45, 7) is 0.0529. The van der Waals surface area contributed by atoms with Gasteiger partial charge in [-0.2, -0.15) is 0 Å². The molecule has 0 bridgehead atoms. The van der Waals surface area contributed by atoms with Gasteiger partial charge in [-0.15, -0.1) is 11.8 Å². The van der Waals surface area contributed by atoms with Crippen LogP contribution >= 0.6 is 11.8 Å². The number of benzene rings is 2. The smallest absolute Gasteiger partial charge is 0.258 e. The van der Waals surface area contributed by atoms with Gasteiger partial charge in [-0.05, 0) is 60.9 Å². The molecule has 3 rings (SSSR count). The number of thioether (sulfide) groups is 1. The highest BCUT2D eigenvalue weighted by Gasteiger charge is 2.21. The number of fused-ring (bicyclic) bond motifs is 1. The minimum absolute atomic E-state index is 0.0529. The first kappa shape index (κ1) is 15.9. The Kier molecular flexibility index (Phi) is 5.23. The molecule has 0 unspecified atom stereocenters. The normalized spacial score (nSPS) is 16.5. The van der Waals surface area contributed by atoms with Gasteiger partial charge in [0.1, 0.15) is 5.75 Å². The number of rotatable bonds is 5. The average molecular weight is 327 g/mol. The molecule has 3 nitrogen and oxygen atoms in total. The van der Waals surface area contributed by atoms with E-state index in [1.54, 1.807) is 11.8 Å². The molecule has 0 heterocycles. The molecule has 1 aliphatic carbocycles. The SMILES string of the molecule is CSc1ccc(OCC(=O)N[C@@H]2CCCc3ccccc32)cc1. The predicted octanol–water partition coefficient (Wildman–Crippen LogP) is 3.98. The summed E-state index contributed by atoms with van der Waals surface area (Å²) < 4.78 is 5.58. The topological polar surface area (TPSA) is 38.3 Å². The number of hydrogen-bond donors (Lipinski definition) is 1. The molecule has 1 atom stereocenters. The number of hydrogen-bond acceptors (Lipinski definition) is 3. The van der Waals surface area contributed by atoms with Crippen molar-refractivity contribution in [1.82, 2.24) is 5.32 Å². The van der Waals surface area contributed by atoms with Crippen LogP contribution in [-0.4, -0.2) is 18.8 Å². The van der Waals surface area contributed by atoms with Gasteiger partial charge < -0.3 is 10.1 Å². The Balaban J connectivity index is 1.55. The molecule has 0 fully saturated rings. The van der Waals surface area contributed by atoms with E-state index in [1.165, 1.54) is 16.0 Å². The Labute approximate surface area is 141 Å². The molecule has 0 spiro atoms. The quantitative estimate of drug-likeness (QED) is 0.844. The van der Waals surface area contributed by atoms with E-state index >= 15 is 0 Å². The van der Waals surface area contributed by atoms with Crippen LogP contribution in [0.15, 0.2) is 53.4 Å². The van der Waals surface area contributed by atoms with Gasteiger partial charge in [-0.3, -0.25) is 4.79 Å². The van der Waals surface area contributed by atoms with E-state index in [-0.39, 0.29) is 18.6 Å². The first-order valence-electron chi connectivity index (χ1n) is 7.90. The van der Waals surface area contributed by atoms with Crippen molar-refractivity contribution in [1.29, 1.82) is 0 Å². The van der Waals surface area contributed by atoms with E-state index in [0.29, 0.717) is 0 Å². The molecule has 0 aliphatic heterocycles. The summed E-state index contributed by atoms with van der Waals surface area (Å²) in [6.07, 6.45) is 5.23. The highest BCUT2D eigenvalue weighted by atomic mass is 32.2. The van der Waals surface area contributed by atoms with E-state index in [1.807, 2.05) is 36.6 Å². The first-order chi connectivity index (χ1) is 11.3. The summed E-state index contributed by atoms with van der Waals surface area (Å²) in [5.74, 6) is 0.655. The van der Waals surface area contributed by atoms with E-state index < -0.39 is 0 Å². The number of aryl methyl sites for hydroxylation is 1. The Morgan fingerprint density at radius 3 is 2.78 bits per heavy atom. The van der Waals surface area contributed by atoms with E-state index in [4.69, 9.17) is 4.74 Å². The Hall–Kier alpha value is -1.94. The lowest BCUT2D eigenvalue weighted by atomic mass is 9.88. The maximum Gasteiger partial charge on any atom is 0.258 e. The van der Waals surface area contributed by atoms with E-state index in [0.717, 1.165) is 25.0 Å². The van der Waals surface area contributed by atoms with Crippen molar-refractivity contribution in [2.75, 3.05) is 12.9 Å². The molecular formula is C19H21NO2S. The Bertz CT molecular complexity index is 669. The van der Waals surface area contributed by atoms with Crippen LogP contribution < -0.4 is 10.1 Å². The van der Waals surface area contributed by atoms with Gasteiger partial charge in [0, 0.05) is 4.90 Å². The monoisotopic (exact) mass is 327 g/mol. The molecule has 2 aromatic rings. The zero-order valence-corrected chi connectivity index (χ0v) is 14.1. The summed E-state index contributed by atoms with van der Waals surface area (Å²) >= 11 is 1.68. The average Bonchev–Trinajstić information content (AvgIpc) is 2.61. The van der Waals surface area contributed by atoms with Crippen LogP contribution in [0.25, 0.3) is 0 Å². The predicted molar refractivity (Wildman–Crippen MR) is 94.0 cm³/mol. The van der Waals surface area contributed by atoms with Gasteiger partial charge in [-0.25, -0.2) is 0 Å². The van der Waals surface area contributed by atoms with Gasteiger partial charge in [0.15, 0.2) is 6.61 Å². The Morgan fingerprint density at radius 1 is 1.22 bits per heavy atom. The summed E-state index contributed by atoms with van der Waals surface area (Å²) in [5, 5.41) is 3.10.